The monoisotopic (exact) mass is 273 g/mol. The molecule has 0 bridgehead atoms. The summed E-state index contributed by atoms with van der Waals surface area (Å²) >= 11 is 0. The quantitative estimate of drug-likeness (QED) is 0.853. The molecule has 1 aromatic carbocycles. The first-order valence-corrected chi connectivity index (χ1v) is 5.34. The van der Waals surface area contributed by atoms with Crippen molar-refractivity contribution in [1.29, 1.82) is 0 Å². The first kappa shape index (κ1) is 13.3. The molecule has 0 aliphatic carbocycles. The van der Waals surface area contributed by atoms with Gasteiger partial charge in [-0.15, -0.1) is 0 Å². The summed E-state index contributed by atoms with van der Waals surface area (Å²) < 4.78 is 39.3. The van der Waals surface area contributed by atoms with Crippen LogP contribution in [0, 0.1) is 0 Å². The second kappa shape index (κ2) is 4.54. The van der Waals surface area contributed by atoms with Crippen molar-refractivity contribution in [3.05, 3.63) is 44.6 Å². The number of rotatable bonds is 2. The van der Waals surface area contributed by atoms with E-state index in [0.717, 1.165) is 12.1 Å². The Morgan fingerprint density at radius 2 is 2.00 bits per heavy atom. The number of benzene rings is 1. The van der Waals surface area contributed by atoms with E-state index in [1.165, 1.54) is 13.1 Å². The molecule has 1 aromatic heterocycles. The average Bonchev–Trinajstić information content (AvgIpc) is 2.32. The van der Waals surface area contributed by atoms with Crippen molar-refractivity contribution in [3.63, 3.8) is 0 Å². The lowest BCUT2D eigenvalue weighted by molar-refractivity contribution is -0.136. The molecule has 0 unspecified atom stereocenters. The fraction of sp³-hybridized carbons (Fsp3) is 0.273. The van der Waals surface area contributed by atoms with E-state index in [0.29, 0.717) is 4.57 Å². The Morgan fingerprint density at radius 3 is 2.58 bits per heavy atom. The largest absolute Gasteiger partial charge is 0.417 e. The summed E-state index contributed by atoms with van der Waals surface area (Å²) in [7, 11) is 1.48. The summed E-state index contributed by atoms with van der Waals surface area (Å²) in [5, 5.41) is 2.01. The van der Waals surface area contributed by atoms with Crippen molar-refractivity contribution in [2.24, 2.45) is 0 Å². The number of nitrogens with one attached hydrogen (secondary N) is 2. The van der Waals surface area contributed by atoms with Crippen LogP contribution in [0.5, 0.6) is 0 Å². The standard InChI is InChI=1S/C11H10F3N3O2/c1-15-5-17-9(18)8-6(11(12,13)14)3-2-4-7(8)16-10(17)19/h2-4,15H,5H2,1H3,(H,16,19). The van der Waals surface area contributed by atoms with Gasteiger partial charge < -0.3 is 10.3 Å². The zero-order valence-corrected chi connectivity index (χ0v) is 9.84. The van der Waals surface area contributed by atoms with Gasteiger partial charge in [-0.3, -0.25) is 4.79 Å². The Kier molecular flexibility index (Phi) is 3.19. The molecule has 2 aromatic rings. The molecule has 0 fully saturated rings. The van der Waals surface area contributed by atoms with Gasteiger partial charge in [-0.1, -0.05) is 6.07 Å². The highest BCUT2D eigenvalue weighted by atomic mass is 19.4. The Labute approximate surface area is 104 Å². The fourth-order valence-corrected chi connectivity index (χ4v) is 1.83. The van der Waals surface area contributed by atoms with E-state index in [2.05, 4.69) is 10.3 Å². The normalized spacial score (nSPS) is 12.0. The average molecular weight is 273 g/mol. The summed E-state index contributed by atoms with van der Waals surface area (Å²) in [5.74, 6) is 0. The van der Waals surface area contributed by atoms with Crippen LogP contribution in [0.4, 0.5) is 13.2 Å². The second-order valence-corrected chi connectivity index (χ2v) is 3.90. The van der Waals surface area contributed by atoms with Crippen LogP contribution in [-0.4, -0.2) is 16.6 Å². The number of aromatic amines is 1. The first-order valence-electron chi connectivity index (χ1n) is 5.34. The minimum absolute atomic E-state index is 0.128. The molecule has 19 heavy (non-hydrogen) atoms. The molecule has 1 heterocycles. The van der Waals surface area contributed by atoms with E-state index in [1.807, 2.05) is 0 Å². The third-order valence-corrected chi connectivity index (χ3v) is 2.63. The summed E-state index contributed by atoms with van der Waals surface area (Å²) in [4.78, 5) is 25.9. The maximum absolute atomic E-state index is 12.9. The molecular weight excluding hydrogens is 263 g/mol. The number of hydrogen-bond acceptors (Lipinski definition) is 3. The zero-order chi connectivity index (χ0) is 14.2. The van der Waals surface area contributed by atoms with Crippen LogP contribution < -0.4 is 16.6 Å². The van der Waals surface area contributed by atoms with Crippen molar-refractivity contribution < 1.29 is 13.2 Å². The van der Waals surface area contributed by atoms with Gasteiger partial charge in [0.15, 0.2) is 0 Å². The third-order valence-electron chi connectivity index (χ3n) is 2.63. The van der Waals surface area contributed by atoms with Gasteiger partial charge in [0.1, 0.15) is 0 Å². The Balaban J connectivity index is 2.93. The van der Waals surface area contributed by atoms with Gasteiger partial charge in [0, 0.05) is 0 Å². The summed E-state index contributed by atoms with van der Waals surface area (Å²) in [5.41, 5.74) is -2.92. The van der Waals surface area contributed by atoms with E-state index >= 15 is 0 Å². The molecule has 102 valence electrons. The van der Waals surface area contributed by atoms with Crippen LogP contribution in [0.15, 0.2) is 27.8 Å². The summed E-state index contributed by atoms with van der Waals surface area (Å²) in [6.45, 7) is -0.170. The van der Waals surface area contributed by atoms with E-state index in [-0.39, 0.29) is 12.2 Å². The van der Waals surface area contributed by atoms with Crippen LogP contribution >= 0.6 is 0 Å². The molecule has 2 N–H and O–H groups in total. The number of halogens is 3. The molecule has 0 amide bonds. The number of aromatic nitrogens is 2. The molecule has 5 nitrogen and oxygen atoms in total. The lowest BCUT2D eigenvalue weighted by atomic mass is 10.1. The number of alkyl halides is 3. The maximum atomic E-state index is 12.9. The van der Waals surface area contributed by atoms with Gasteiger partial charge in [-0.2, -0.15) is 13.2 Å². The number of nitrogens with zero attached hydrogens (tertiary/aromatic N) is 1. The molecule has 0 saturated heterocycles. The Bertz CT molecular complexity index is 731. The molecule has 0 radical (unpaired) electrons. The minimum Gasteiger partial charge on any atom is -0.307 e. The van der Waals surface area contributed by atoms with Crippen molar-refractivity contribution in [2.75, 3.05) is 7.05 Å². The second-order valence-electron chi connectivity index (χ2n) is 3.90. The fourth-order valence-electron chi connectivity index (χ4n) is 1.83. The highest BCUT2D eigenvalue weighted by Gasteiger charge is 2.34. The lowest BCUT2D eigenvalue weighted by Crippen LogP contribution is -2.39. The Hall–Kier alpha value is -2.09. The van der Waals surface area contributed by atoms with Gasteiger partial charge >= 0.3 is 11.9 Å². The highest BCUT2D eigenvalue weighted by molar-refractivity contribution is 5.81. The predicted molar refractivity (Wildman–Crippen MR) is 62.9 cm³/mol. The smallest absolute Gasteiger partial charge is 0.307 e. The van der Waals surface area contributed by atoms with E-state index in [9.17, 15) is 22.8 Å². The predicted octanol–water partition coefficient (Wildman–Crippen LogP) is 0.886. The molecule has 0 aliphatic rings. The summed E-state index contributed by atoms with van der Waals surface area (Å²) in [6.07, 6.45) is -4.66. The van der Waals surface area contributed by atoms with Crippen LogP contribution in [-0.2, 0) is 12.8 Å². The minimum atomic E-state index is -4.66. The van der Waals surface area contributed by atoms with E-state index < -0.39 is 28.4 Å². The van der Waals surface area contributed by atoms with Gasteiger partial charge in [0.05, 0.1) is 23.1 Å². The van der Waals surface area contributed by atoms with Gasteiger partial charge in [-0.25, -0.2) is 9.36 Å². The topological polar surface area (TPSA) is 66.9 Å². The maximum Gasteiger partial charge on any atom is 0.417 e. The molecular formula is C11H10F3N3O2. The van der Waals surface area contributed by atoms with Gasteiger partial charge in [-0.05, 0) is 19.2 Å². The van der Waals surface area contributed by atoms with Crippen LogP contribution in [0.2, 0.25) is 0 Å². The van der Waals surface area contributed by atoms with Crippen LogP contribution in [0.1, 0.15) is 5.56 Å². The van der Waals surface area contributed by atoms with E-state index in [1.54, 1.807) is 0 Å². The first-order chi connectivity index (χ1) is 8.86. The van der Waals surface area contributed by atoms with Crippen LogP contribution in [0.25, 0.3) is 10.9 Å². The van der Waals surface area contributed by atoms with Crippen molar-refractivity contribution in [1.82, 2.24) is 14.9 Å². The van der Waals surface area contributed by atoms with Crippen molar-refractivity contribution in [3.8, 4) is 0 Å². The number of H-pyrrole nitrogens is 1. The molecule has 0 saturated carbocycles. The molecule has 8 heteroatoms. The molecule has 0 atom stereocenters. The summed E-state index contributed by atoms with van der Waals surface area (Å²) in [6, 6.07) is 3.21. The van der Waals surface area contributed by atoms with Crippen molar-refractivity contribution in [2.45, 2.75) is 12.8 Å². The van der Waals surface area contributed by atoms with Crippen LogP contribution in [0.3, 0.4) is 0 Å². The van der Waals surface area contributed by atoms with Crippen molar-refractivity contribution >= 4 is 10.9 Å². The van der Waals surface area contributed by atoms with E-state index in [4.69, 9.17) is 0 Å². The zero-order valence-electron chi connectivity index (χ0n) is 9.84. The highest BCUT2D eigenvalue weighted by Crippen LogP contribution is 2.32. The SMILES string of the molecule is CNCn1c(=O)[nH]c2cccc(C(F)(F)F)c2c1=O. The van der Waals surface area contributed by atoms with Gasteiger partial charge in [0.25, 0.3) is 5.56 Å². The molecule has 0 spiro atoms. The van der Waals surface area contributed by atoms with Gasteiger partial charge in [0.2, 0.25) is 0 Å². The molecule has 0 aliphatic heterocycles. The Morgan fingerprint density at radius 1 is 1.32 bits per heavy atom. The number of hydrogen-bond donors (Lipinski definition) is 2. The number of fused-ring (bicyclic) bond motifs is 1. The molecule has 2 rings (SSSR count). The third kappa shape index (κ3) is 2.26. The lowest BCUT2D eigenvalue weighted by Gasteiger charge is -2.11.